The van der Waals surface area contributed by atoms with Gasteiger partial charge < -0.3 is 9.88 Å². The molecule has 0 radical (unpaired) electrons. The summed E-state index contributed by atoms with van der Waals surface area (Å²) in [5.41, 5.74) is 3.73. The van der Waals surface area contributed by atoms with Gasteiger partial charge in [0.2, 0.25) is 5.91 Å². The molecule has 3 aliphatic carbocycles. The highest BCUT2D eigenvalue weighted by molar-refractivity contribution is 5.96. The number of carbonyl (C=O) groups excluding carboxylic acids is 2. The van der Waals surface area contributed by atoms with Gasteiger partial charge in [-0.1, -0.05) is 48.9 Å². The van der Waals surface area contributed by atoms with Gasteiger partial charge in [0.1, 0.15) is 5.78 Å². The first-order valence-corrected chi connectivity index (χ1v) is 12.1. The van der Waals surface area contributed by atoms with Crippen LogP contribution in [0.5, 0.6) is 0 Å². The first-order chi connectivity index (χ1) is 16.1. The summed E-state index contributed by atoms with van der Waals surface area (Å²) in [6, 6.07) is 18.1. The van der Waals surface area contributed by atoms with Gasteiger partial charge in [-0.25, -0.2) is 4.98 Å². The Morgan fingerprint density at radius 2 is 1.64 bits per heavy atom. The van der Waals surface area contributed by atoms with Crippen molar-refractivity contribution >= 4 is 17.4 Å². The van der Waals surface area contributed by atoms with Gasteiger partial charge in [-0.15, -0.1) is 0 Å². The summed E-state index contributed by atoms with van der Waals surface area (Å²) in [5.74, 6) is 0.493. The zero-order valence-electron chi connectivity index (χ0n) is 18.8. The van der Waals surface area contributed by atoms with Crippen LogP contribution in [0.15, 0.2) is 67.1 Å². The number of nitrogens with one attached hydrogen (secondary N) is 1. The summed E-state index contributed by atoms with van der Waals surface area (Å²) in [6.45, 7) is 0. The highest BCUT2D eigenvalue weighted by atomic mass is 16.2. The standard InChI is InChI=1S/C28H29N3O2.H2/c32-25(17-23-21-9-4-5-10-22(21)24-18-29-19-31(23)24)27-11-6-12-28(15-13-27,16-14-27)26(33)30-20-7-2-1-3-8-20;/h1-5,7-10,18-19,23H,6,11-17H2,(H,30,33);1H. The summed E-state index contributed by atoms with van der Waals surface area (Å²) in [4.78, 5) is 31.5. The van der Waals surface area contributed by atoms with E-state index in [0.717, 1.165) is 56.3 Å². The maximum Gasteiger partial charge on any atom is 0.230 e. The van der Waals surface area contributed by atoms with Crippen molar-refractivity contribution in [2.45, 2.75) is 57.4 Å². The molecule has 170 valence electrons. The fraction of sp³-hybridized carbons (Fsp3) is 0.393. The Morgan fingerprint density at radius 1 is 0.939 bits per heavy atom. The minimum Gasteiger partial charge on any atom is -0.326 e. The van der Waals surface area contributed by atoms with E-state index >= 15 is 0 Å². The molecule has 2 bridgehead atoms. The summed E-state index contributed by atoms with van der Waals surface area (Å²) >= 11 is 0. The Balaban J connectivity index is 0.00000241. The van der Waals surface area contributed by atoms with Crippen molar-refractivity contribution in [3.8, 4) is 11.3 Å². The number of rotatable bonds is 5. The van der Waals surface area contributed by atoms with Crippen LogP contribution in [-0.4, -0.2) is 21.2 Å². The highest BCUT2D eigenvalue weighted by Gasteiger charge is 2.52. The molecule has 0 spiro atoms. The number of imidazole rings is 1. The van der Waals surface area contributed by atoms with E-state index in [9.17, 15) is 9.59 Å². The molecular formula is C28H31N3O2. The van der Waals surface area contributed by atoms with Gasteiger partial charge in [0.25, 0.3) is 0 Å². The number of Topliss-reactive ketones (excluding diaryl/α,β-unsaturated/α-hetero) is 1. The third-order valence-electron chi connectivity index (χ3n) is 8.56. The van der Waals surface area contributed by atoms with E-state index in [0.29, 0.717) is 12.2 Å². The molecule has 1 N–H and O–H groups in total. The normalized spacial score (nSPS) is 27.5. The van der Waals surface area contributed by atoms with Crippen molar-refractivity contribution < 1.29 is 11.0 Å². The van der Waals surface area contributed by atoms with Crippen molar-refractivity contribution in [1.82, 2.24) is 9.55 Å². The largest absolute Gasteiger partial charge is 0.326 e. The number of carbonyl (C=O) groups is 2. The van der Waals surface area contributed by atoms with Crippen molar-refractivity contribution in [3.05, 3.63) is 72.7 Å². The Bertz CT molecular complexity index is 1210. The van der Waals surface area contributed by atoms with Crippen LogP contribution in [0.2, 0.25) is 0 Å². The molecular weight excluding hydrogens is 410 g/mol. The molecule has 1 aliphatic heterocycles. The van der Waals surface area contributed by atoms with E-state index in [4.69, 9.17) is 0 Å². The van der Waals surface area contributed by atoms with Gasteiger partial charge >= 0.3 is 0 Å². The monoisotopic (exact) mass is 441 g/mol. The average molecular weight is 442 g/mol. The molecule has 3 aromatic rings. The topological polar surface area (TPSA) is 64.0 Å². The molecule has 1 aromatic heterocycles. The average Bonchev–Trinajstić information content (AvgIpc) is 3.30. The molecule has 5 nitrogen and oxygen atoms in total. The number of hydrogen-bond acceptors (Lipinski definition) is 3. The Hall–Kier alpha value is -3.21. The van der Waals surface area contributed by atoms with E-state index in [1.807, 2.05) is 48.9 Å². The number of amides is 1. The first-order valence-electron chi connectivity index (χ1n) is 12.1. The molecule has 1 atom stereocenters. The quantitative estimate of drug-likeness (QED) is 0.526. The number of para-hydroxylation sites is 1. The van der Waals surface area contributed by atoms with Crippen LogP contribution in [0.1, 0.15) is 64.4 Å². The molecule has 1 amide bonds. The van der Waals surface area contributed by atoms with Crippen molar-refractivity contribution in [3.63, 3.8) is 0 Å². The van der Waals surface area contributed by atoms with Gasteiger partial charge in [-0.3, -0.25) is 9.59 Å². The zero-order chi connectivity index (χ0) is 22.5. The zero-order valence-corrected chi connectivity index (χ0v) is 18.8. The number of aromatic nitrogens is 2. The molecule has 0 saturated heterocycles. The van der Waals surface area contributed by atoms with Gasteiger partial charge in [-0.05, 0) is 56.2 Å². The van der Waals surface area contributed by atoms with Gasteiger partial charge in [0, 0.05) is 29.9 Å². The summed E-state index contributed by atoms with van der Waals surface area (Å²) in [5, 5.41) is 3.14. The molecule has 2 heterocycles. The lowest BCUT2D eigenvalue weighted by Crippen LogP contribution is -2.42. The van der Waals surface area contributed by atoms with E-state index in [2.05, 4.69) is 33.1 Å². The predicted octanol–water partition coefficient (Wildman–Crippen LogP) is 6.03. The van der Waals surface area contributed by atoms with Crippen LogP contribution < -0.4 is 5.32 Å². The molecule has 4 aliphatic rings. The van der Waals surface area contributed by atoms with Crippen LogP contribution in [0.4, 0.5) is 5.69 Å². The number of ketones is 1. The maximum atomic E-state index is 13.9. The second kappa shape index (κ2) is 7.68. The molecule has 2 aromatic carbocycles. The molecule has 33 heavy (non-hydrogen) atoms. The number of benzene rings is 2. The van der Waals surface area contributed by atoms with E-state index < -0.39 is 0 Å². The fourth-order valence-electron chi connectivity index (χ4n) is 6.55. The molecule has 7 rings (SSSR count). The highest BCUT2D eigenvalue weighted by Crippen LogP contribution is 2.56. The number of anilines is 1. The van der Waals surface area contributed by atoms with Crippen LogP contribution in [0.3, 0.4) is 0 Å². The second-order valence-corrected chi connectivity index (χ2v) is 10.2. The maximum absolute atomic E-state index is 13.9. The lowest BCUT2D eigenvalue weighted by atomic mass is 9.62. The Labute approximate surface area is 195 Å². The first kappa shape index (κ1) is 20.4. The molecule has 1 unspecified atom stereocenters. The molecule has 3 saturated carbocycles. The van der Waals surface area contributed by atoms with E-state index in [-0.39, 0.29) is 24.2 Å². The van der Waals surface area contributed by atoms with E-state index in [1.54, 1.807) is 0 Å². The molecule has 5 heteroatoms. The van der Waals surface area contributed by atoms with E-state index in [1.165, 1.54) is 11.1 Å². The van der Waals surface area contributed by atoms with Crippen LogP contribution in [0, 0.1) is 10.8 Å². The smallest absolute Gasteiger partial charge is 0.230 e. The SMILES string of the molecule is O=C(CC1c2ccccc2-c2cncn21)C12CCCC(C(=O)Nc3ccccc3)(CC1)CC2.[HH]. The van der Waals surface area contributed by atoms with Gasteiger partial charge in [0.15, 0.2) is 0 Å². The second-order valence-electron chi connectivity index (χ2n) is 10.2. The summed E-state index contributed by atoms with van der Waals surface area (Å²) in [7, 11) is 0. The fourth-order valence-corrected chi connectivity index (χ4v) is 6.55. The summed E-state index contributed by atoms with van der Waals surface area (Å²) < 4.78 is 2.16. The summed E-state index contributed by atoms with van der Waals surface area (Å²) in [6.07, 6.45) is 10.2. The Kier molecular flexibility index (Phi) is 4.75. The lowest BCUT2D eigenvalue weighted by Gasteiger charge is -2.41. The van der Waals surface area contributed by atoms with Crippen molar-refractivity contribution in [2.75, 3.05) is 5.32 Å². The minimum absolute atomic E-state index is 0. The van der Waals surface area contributed by atoms with Crippen LogP contribution >= 0.6 is 0 Å². The Morgan fingerprint density at radius 3 is 2.45 bits per heavy atom. The number of fused-ring (bicyclic) bond motifs is 7. The van der Waals surface area contributed by atoms with Crippen LogP contribution in [-0.2, 0) is 9.59 Å². The van der Waals surface area contributed by atoms with Gasteiger partial charge in [-0.2, -0.15) is 0 Å². The molecule has 3 fully saturated rings. The predicted molar refractivity (Wildman–Crippen MR) is 130 cm³/mol. The number of nitrogens with zero attached hydrogens (tertiary/aromatic N) is 2. The minimum atomic E-state index is -0.340. The number of hydrogen-bond donors (Lipinski definition) is 1. The third kappa shape index (κ3) is 3.25. The van der Waals surface area contributed by atoms with Gasteiger partial charge in [0.05, 0.1) is 24.3 Å². The third-order valence-corrected chi connectivity index (χ3v) is 8.56. The van der Waals surface area contributed by atoms with Crippen LogP contribution in [0.25, 0.3) is 11.3 Å². The van der Waals surface area contributed by atoms with Crippen molar-refractivity contribution in [2.24, 2.45) is 10.8 Å². The van der Waals surface area contributed by atoms with Crippen molar-refractivity contribution in [1.29, 1.82) is 0 Å². The lowest BCUT2D eigenvalue weighted by molar-refractivity contribution is -0.136.